The molecule has 2 heterocycles. The third-order valence-corrected chi connectivity index (χ3v) is 3.78. The number of nitrogens with zero attached hydrogens (tertiary/aromatic N) is 3. The van der Waals surface area contributed by atoms with Gasteiger partial charge in [-0.3, -0.25) is 9.63 Å². The summed E-state index contributed by atoms with van der Waals surface area (Å²) >= 11 is 0. The first-order valence-corrected chi connectivity index (χ1v) is 7.78. The Hall–Kier alpha value is -1.40. The number of nitrogens with one attached hydrogen (secondary N) is 1. The third kappa shape index (κ3) is 5.47. The molecule has 0 radical (unpaired) electrons. The van der Waals surface area contributed by atoms with Crippen molar-refractivity contribution in [2.24, 2.45) is 5.92 Å². The number of hydrogen-bond acceptors (Lipinski definition) is 4. The number of rotatable bonds is 7. The predicted molar refractivity (Wildman–Crippen MR) is 80.4 cm³/mol. The number of hydrogen-bond donors (Lipinski definition) is 1. The number of imidazole rings is 1. The number of aromatic nitrogens is 2. The van der Waals surface area contributed by atoms with Gasteiger partial charge in [-0.2, -0.15) is 5.06 Å². The Morgan fingerprint density at radius 2 is 2.29 bits per heavy atom. The molecule has 1 aliphatic rings. The third-order valence-electron chi connectivity index (χ3n) is 3.78. The van der Waals surface area contributed by atoms with Gasteiger partial charge in [-0.15, -0.1) is 0 Å². The Morgan fingerprint density at radius 3 is 2.90 bits per heavy atom. The van der Waals surface area contributed by atoms with E-state index < -0.39 is 0 Å². The highest BCUT2D eigenvalue weighted by atomic mass is 16.7. The van der Waals surface area contributed by atoms with E-state index in [0.717, 1.165) is 32.5 Å². The molecule has 118 valence electrons. The van der Waals surface area contributed by atoms with Crippen molar-refractivity contribution in [3.05, 3.63) is 18.7 Å². The second-order valence-corrected chi connectivity index (χ2v) is 5.90. The summed E-state index contributed by atoms with van der Waals surface area (Å²) in [5.74, 6) is 0.463. The summed E-state index contributed by atoms with van der Waals surface area (Å²) in [5.41, 5.74) is 0. The summed E-state index contributed by atoms with van der Waals surface area (Å²) < 4.78 is 2.00. The van der Waals surface area contributed by atoms with Gasteiger partial charge in [0.1, 0.15) is 0 Å². The predicted octanol–water partition coefficient (Wildman–Crippen LogP) is 1.44. The van der Waals surface area contributed by atoms with Crippen molar-refractivity contribution >= 4 is 5.91 Å². The summed E-state index contributed by atoms with van der Waals surface area (Å²) in [7, 11) is 0. The van der Waals surface area contributed by atoms with Crippen LogP contribution in [0.25, 0.3) is 0 Å². The molecule has 1 N–H and O–H groups in total. The molecule has 21 heavy (non-hydrogen) atoms. The molecule has 1 atom stereocenters. The van der Waals surface area contributed by atoms with Crippen LogP contribution in [0.15, 0.2) is 18.7 Å². The van der Waals surface area contributed by atoms with Gasteiger partial charge in [0.2, 0.25) is 5.91 Å². The van der Waals surface area contributed by atoms with Crippen molar-refractivity contribution in [2.45, 2.75) is 45.7 Å². The van der Waals surface area contributed by atoms with E-state index in [0.29, 0.717) is 18.9 Å². The van der Waals surface area contributed by atoms with E-state index in [1.807, 2.05) is 15.8 Å². The summed E-state index contributed by atoms with van der Waals surface area (Å²) in [5, 5.41) is 5.03. The zero-order valence-corrected chi connectivity index (χ0v) is 13.0. The van der Waals surface area contributed by atoms with Crippen LogP contribution in [0.1, 0.15) is 33.1 Å². The van der Waals surface area contributed by atoms with Crippen LogP contribution in [0.4, 0.5) is 0 Å². The number of amides is 1. The number of carbonyl (C=O) groups is 1. The molecule has 2 rings (SSSR count). The quantitative estimate of drug-likeness (QED) is 0.827. The van der Waals surface area contributed by atoms with Gasteiger partial charge in [0.25, 0.3) is 0 Å². The molecule has 1 amide bonds. The fraction of sp³-hybridized carbons (Fsp3) is 0.733. The van der Waals surface area contributed by atoms with Crippen molar-refractivity contribution in [3.8, 4) is 0 Å². The summed E-state index contributed by atoms with van der Waals surface area (Å²) in [4.78, 5) is 21.7. The molecule has 1 aromatic rings. The second kappa shape index (κ2) is 8.14. The summed E-state index contributed by atoms with van der Waals surface area (Å²) in [6, 6.07) is 0.119. The Morgan fingerprint density at radius 1 is 1.43 bits per heavy atom. The Labute approximate surface area is 126 Å². The fourth-order valence-corrected chi connectivity index (χ4v) is 2.37. The first-order valence-electron chi connectivity index (χ1n) is 7.78. The van der Waals surface area contributed by atoms with Crippen LogP contribution in [0, 0.1) is 5.92 Å². The van der Waals surface area contributed by atoms with Crippen molar-refractivity contribution in [1.82, 2.24) is 19.9 Å². The van der Waals surface area contributed by atoms with Gasteiger partial charge in [-0.1, -0.05) is 13.8 Å². The highest BCUT2D eigenvalue weighted by Gasteiger charge is 2.18. The lowest BCUT2D eigenvalue weighted by atomic mass is 10.0. The van der Waals surface area contributed by atoms with Crippen LogP contribution in [0.2, 0.25) is 0 Å². The standard InChI is InChI=1S/C15H26N4O2/c1-13(2)14(11-18-9-6-16-12-18)17-15(20)5-8-19-7-3-4-10-21-19/h6,9,12-14H,3-5,7-8,10-11H2,1-2H3,(H,17,20)/t14-/m1/s1. The minimum Gasteiger partial charge on any atom is -0.351 e. The molecule has 6 heteroatoms. The van der Waals surface area contributed by atoms with Gasteiger partial charge in [0.05, 0.1) is 12.9 Å². The van der Waals surface area contributed by atoms with E-state index in [2.05, 4.69) is 24.1 Å². The Bertz CT molecular complexity index is 413. The Balaban J connectivity index is 1.75. The summed E-state index contributed by atoms with van der Waals surface area (Å²) in [6.07, 6.45) is 8.20. The normalized spacial score (nSPS) is 17.9. The number of carbonyl (C=O) groups excluding carboxylic acids is 1. The fourth-order valence-electron chi connectivity index (χ4n) is 2.37. The molecule has 0 aromatic carbocycles. The lowest BCUT2D eigenvalue weighted by molar-refractivity contribution is -0.181. The highest BCUT2D eigenvalue weighted by Crippen LogP contribution is 2.08. The van der Waals surface area contributed by atoms with Gasteiger partial charge in [0.15, 0.2) is 0 Å². The SMILES string of the molecule is CC(C)[C@@H](Cn1ccnc1)NC(=O)CCN1CCCCO1. The van der Waals surface area contributed by atoms with Gasteiger partial charge in [-0.05, 0) is 18.8 Å². The molecule has 0 spiro atoms. The average molecular weight is 294 g/mol. The Kier molecular flexibility index (Phi) is 6.20. The van der Waals surface area contributed by atoms with Crippen LogP contribution in [-0.4, -0.2) is 46.3 Å². The van der Waals surface area contributed by atoms with Crippen molar-refractivity contribution in [1.29, 1.82) is 0 Å². The second-order valence-electron chi connectivity index (χ2n) is 5.90. The van der Waals surface area contributed by atoms with Crippen molar-refractivity contribution in [3.63, 3.8) is 0 Å². The maximum Gasteiger partial charge on any atom is 0.221 e. The first-order chi connectivity index (χ1) is 10.1. The van der Waals surface area contributed by atoms with E-state index >= 15 is 0 Å². The van der Waals surface area contributed by atoms with E-state index in [1.54, 1.807) is 12.5 Å². The van der Waals surface area contributed by atoms with Crippen molar-refractivity contribution < 1.29 is 9.63 Å². The maximum absolute atomic E-state index is 12.1. The molecule has 0 saturated carbocycles. The molecule has 6 nitrogen and oxygen atoms in total. The number of hydroxylamine groups is 2. The molecule has 1 aromatic heterocycles. The molecule has 0 unspecified atom stereocenters. The average Bonchev–Trinajstić information content (AvgIpc) is 2.98. The molecule has 0 aliphatic carbocycles. The van der Waals surface area contributed by atoms with E-state index in [1.165, 1.54) is 0 Å². The van der Waals surface area contributed by atoms with Crippen LogP contribution >= 0.6 is 0 Å². The van der Waals surface area contributed by atoms with Crippen molar-refractivity contribution in [2.75, 3.05) is 19.7 Å². The van der Waals surface area contributed by atoms with E-state index in [-0.39, 0.29) is 11.9 Å². The topological polar surface area (TPSA) is 59.4 Å². The van der Waals surface area contributed by atoms with Crippen LogP contribution in [0.5, 0.6) is 0 Å². The minimum atomic E-state index is 0.0861. The summed E-state index contributed by atoms with van der Waals surface area (Å²) in [6.45, 7) is 7.36. The van der Waals surface area contributed by atoms with Gasteiger partial charge < -0.3 is 9.88 Å². The van der Waals surface area contributed by atoms with Gasteiger partial charge >= 0.3 is 0 Å². The van der Waals surface area contributed by atoms with E-state index in [9.17, 15) is 4.79 Å². The molecule has 1 saturated heterocycles. The van der Waals surface area contributed by atoms with Gasteiger partial charge in [-0.25, -0.2) is 4.98 Å². The lowest BCUT2D eigenvalue weighted by Gasteiger charge is -2.27. The molecule has 1 aliphatic heterocycles. The zero-order chi connectivity index (χ0) is 15.1. The van der Waals surface area contributed by atoms with E-state index in [4.69, 9.17) is 4.84 Å². The highest BCUT2D eigenvalue weighted by molar-refractivity contribution is 5.76. The maximum atomic E-state index is 12.1. The lowest BCUT2D eigenvalue weighted by Crippen LogP contribution is -2.43. The largest absolute Gasteiger partial charge is 0.351 e. The molecular weight excluding hydrogens is 268 g/mol. The molecule has 0 bridgehead atoms. The molecule has 1 fully saturated rings. The monoisotopic (exact) mass is 294 g/mol. The molecular formula is C15H26N4O2. The van der Waals surface area contributed by atoms with Crippen LogP contribution < -0.4 is 5.32 Å². The minimum absolute atomic E-state index is 0.0861. The first kappa shape index (κ1) is 16.0. The van der Waals surface area contributed by atoms with Crippen LogP contribution in [0.3, 0.4) is 0 Å². The smallest absolute Gasteiger partial charge is 0.221 e. The van der Waals surface area contributed by atoms with Gasteiger partial charge in [0, 0.05) is 44.5 Å². The van der Waals surface area contributed by atoms with Crippen LogP contribution in [-0.2, 0) is 16.2 Å². The zero-order valence-electron chi connectivity index (χ0n) is 13.0.